The van der Waals surface area contributed by atoms with E-state index in [9.17, 15) is 4.79 Å². The first-order valence-corrected chi connectivity index (χ1v) is 5.07. The molecule has 0 aliphatic carbocycles. The van der Waals surface area contributed by atoms with Crippen molar-refractivity contribution in [3.63, 3.8) is 0 Å². The van der Waals surface area contributed by atoms with E-state index in [1.807, 2.05) is 19.9 Å². The van der Waals surface area contributed by atoms with Crippen molar-refractivity contribution in [3.8, 4) is 0 Å². The largest absolute Gasteiger partial charge is 0.298 e. The fourth-order valence-corrected chi connectivity index (χ4v) is 2.00. The first kappa shape index (κ1) is 9.93. The van der Waals surface area contributed by atoms with Crippen molar-refractivity contribution < 1.29 is 4.79 Å². The monoisotopic (exact) mass is 290 g/mol. The van der Waals surface area contributed by atoms with Crippen molar-refractivity contribution in [2.75, 3.05) is 0 Å². The summed E-state index contributed by atoms with van der Waals surface area (Å²) in [5.41, 5.74) is 2.96. The Labute approximate surface area is 88.4 Å². The van der Waals surface area contributed by atoms with Crippen LogP contribution in [0, 0.1) is 13.8 Å². The van der Waals surface area contributed by atoms with Crippen LogP contribution in [0.25, 0.3) is 0 Å². The maximum atomic E-state index is 10.6. The molecule has 1 aromatic carbocycles. The van der Waals surface area contributed by atoms with E-state index in [4.69, 9.17) is 0 Å². The number of hydrogen-bond acceptors (Lipinski definition) is 1. The molecular formula is C9H8Br2O. The molecule has 3 heteroatoms. The van der Waals surface area contributed by atoms with Gasteiger partial charge in [-0.1, -0.05) is 0 Å². The number of carbonyl (C=O) groups is 1. The predicted octanol–water partition coefficient (Wildman–Crippen LogP) is 3.64. The highest BCUT2D eigenvalue weighted by Gasteiger charge is 2.08. The summed E-state index contributed by atoms with van der Waals surface area (Å²) in [6, 6.07) is 1.87. The second-order valence-electron chi connectivity index (χ2n) is 2.65. The number of hydrogen-bond donors (Lipinski definition) is 0. The van der Waals surface area contributed by atoms with E-state index in [1.165, 1.54) is 0 Å². The second-order valence-corrected chi connectivity index (χ2v) is 4.24. The normalized spacial score (nSPS) is 10.0. The smallest absolute Gasteiger partial charge is 0.151 e. The van der Waals surface area contributed by atoms with Gasteiger partial charge in [0.2, 0.25) is 0 Å². The quantitative estimate of drug-likeness (QED) is 0.722. The molecule has 0 unspecified atom stereocenters. The van der Waals surface area contributed by atoms with Crippen LogP contribution in [-0.2, 0) is 0 Å². The summed E-state index contributed by atoms with van der Waals surface area (Å²) >= 11 is 6.76. The van der Waals surface area contributed by atoms with Crippen molar-refractivity contribution in [2.45, 2.75) is 13.8 Å². The third-order valence-corrected chi connectivity index (χ3v) is 4.24. The molecule has 0 aliphatic rings. The van der Waals surface area contributed by atoms with Crippen molar-refractivity contribution in [2.24, 2.45) is 0 Å². The van der Waals surface area contributed by atoms with Gasteiger partial charge in [0.1, 0.15) is 0 Å². The van der Waals surface area contributed by atoms with Gasteiger partial charge in [0, 0.05) is 14.5 Å². The number of aryl methyl sites for hydroxylation is 1. The number of benzene rings is 1. The highest BCUT2D eigenvalue weighted by Crippen LogP contribution is 2.31. The van der Waals surface area contributed by atoms with Gasteiger partial charge in [0.15, 0.2) is 6.29 Å². The average Bonchev–Trinajstić information content (AvgIpc) is 2.08. The molecule has 12 heavy (non-hydrogen) atoms. The molecule has 0 aliphatic heterocycles. The van der Waals surface area contributed by atoms with Gasteiger partial charge < -0.3 is 0 Å². The second kappa shape index (κ2) is 3.71. The van der Waals surface area contributed by atoms with E-state index >= 15 is 0 Å². The molecule has 0 amide bonds. The molecule has 1 aromatic rings. The van der Waals surface area contributed by atoms with Gasteiger partial charge in [-0.2, -0.15) is 0 Å². The van der Waals surface area contributed by atoms with Gasteiger partial charge in [0.05, 0.1) is 0 Å². The van der Waals surface area contributed by atoms with Crippen LogP contribution < -0.4 is 0 Å². The first-order valence-electron chi connectivity index (χ1n) is 3.48. The molecule has 0 heterocycles. The van der Waals surface area contributed by atoms with E-state index in [2.05, 4.69) is 31.9 Å². The van der Waals surface area contributed by atoms with E-state index in [0.29, 0.717) is 5.56 Å². The van der Waals surface area contributed by atoms with E-state index in [0.717, 1.165) is 26.4 Å². The van der Waals surface area contributed by atoms with Crippen LogP contribution >= 0.6 is 31.9 Å². The highest BCUT2D eigenvalue weighted by molar-refractivity contribution is 9.13. The van der Waals surface area contributed by atoms with E-state index < -0.39 is 0 Å². The Balaban J connectivity index is 3.49. The van der Waals surface area contributed by atoms with Gasteiger partial charge in [-0.05, 0) is 62.9 Å². The van der Waals surface area contributed by atoms with Crippen LogP contribution in [0.4, 0.5) is 0 Å². The standard InChI is InChI=1S/C9H8Br2O/c1-5-3-7(4-12)9(11)8(10)6(5)2/h3-4H,1-2H3. The number of carbonyl (C=O) groups excluding carboxylic acids is 1. The fraction of sp³-hybridized carbons (Fsp3) is 0.222. The minimum absolute atomic E-state index is 0.685. The van der Waals surface area contributed by atoms with Crippen molar-refractivity contribution in [1.82, 2.24) is 0 Å². The molecule has 1 rings (SSSR count). The van der Waals surface area contributed by atoms with Gasteiger partial charge in [0.25, 0.3) is 0 Å². The van der Waals surface area contributed by atoms with Crippen molar-refractivity contribution in [1.29, 1.82) is 0 Å². The Morgan fingerprint density at radius 3 is 2.33 bits per heavy atom. The number of rotatable bonds is 1. The topological polar surface area (TPSA) is 17.1 Å². The van der Waals surface area contributed by atoms with Crippen molar-refractivity contribution >= 4 is 38.1 Å². The number of aldehydes is 1. The lowest BCUT2D eigenvalue weighted by atomic mass is 10.1. The minimum Gasteiger partial charge on any atom is -0.298 e. The maximum Gasteiger partial charge on any atom is 0.151 e. The molecule has 0 radical (unpaired) electrons. The zero-order valence-electron chi connectivity index (χ0n) is 6.82. The third-order valence-electron chi connectivity index (χ3n) is 1.87. The zero-order valence-corrected chi connectivity index (χ0v) is 9.99. The average molecular weight is 292 g/mol. The number of halogens is 2. The SMILES string of the molecule is Cc1cc(C=O)c(Br)c(Br)c1C. The summed E-state index contributed by atoms with van der Waals surface area (Å²) in [6.07, 6.45) is 0.848. The molecule has 0 saturated carbocycles. The molecule has 0 bridgehead atoms. The van der Waals surface area contributed by atoms with Crippen LogP contribution in [0.5, 0.6) is 0 Å². The molecular weight excluding hydrogens is 284 g/mol. The third kappa shape index (κ3) is 1.62. The maximum absolute atomic E-state index is 10.6. The summed E-state index contributed by atoms with van der Waals surface area (Å²) in [7, 11) is 0. The Morgan fingerprint density at radius 1 is 1.25 bits per heavy atom. The van der Waals surface area contributed by atoms with E-state index in [1.54, 1.807) is 0 Å². The summed E-state index contributed by atoms with van der Waals surface area (Å²) in [6.45, 7) is 4.00. The van der Waals surface area contributed by atoms with Gasteiger partial charge in [-0.3, -0.25) is 4.79 Å². The summed E-state index contributed by atoms with van der Waals surface area (Å²) < 4.78 is 1.80. The zero-order chi connectivity index (χ0) is 9.30. The van der Waals surface area contributed by atoms with Gasteiger partial charge in [-0.25, -0.2) is 0 Å². The molecule has 0 saturated heterocycles. The van der Waals surface area contributed by atoms with Crippen molar-refractivity contribution in [3.05, 3.63) is 31.7 Å². The highest BCUT2D eigenvalue weighted by atomic mass is 79.9. The van der Waals surface area contributed by atoms with Gasteiger partial charge in [-0.15, -0.1) is 0 Å². The summed E-state index contributed by atoms with van der Waals surface area (Å²) in [4.78, 5) is 10.6. The molecule has 0 atom stereocenters. The predicted molar refractivity (Wildman–Crippen MR) is 56.7 cm³/mol. The Hall–Kier alpha value is -0.150. The lowest BCUT2D eigenvalue weighted by molar-refractivity contribution is 0.112. The molecule has 0 spiro atoms. The Kier molecular flexibility index (Phi) is 3.07. The minimum atomic E-state index is 0.685. The molecule has 0 aromatic heterocycles. The van der Waals surface area contributed by atoms with Gasteiger partial charge >= 0.3 is 0 Å². The fourth-order valence-electron chi connectivity index (χ4n) is 0.955. The summed E-state index contributed by atoms with van der Waals surface area (Å²) in [5.74, 6) is 0. The molecule has 0 N–H and O–H groups in total. The van der Waals surface area contributed by atoms with Crippen LogP contribution in [0.1, 0.15) is 21.5 Å². The Bertz CT molecular complexity index is 332. The lowest BCUT2D eigenvalue weighted by Crippen LogP contribution is -1.90. The van der Waals surface area contributed by atoms with E-state index in [-0.39, 0.29) is 0 Å². The summed E-state index contributed by atoms with van der Waals surface area (Å²) in [5, 5.41) is 0. The lowest BCUT2D eigenvalue weighted by Gasteiger charge is -2.07. The first-order chi connectivity index (χ1) is 5.57. The van der Waals surface area contributed by atoms with Crippen LogP contribution in [0.2, 0.25) is 0 Å². The van der Waals surface area contributed by atoms with Crippen LogP contribution in [0.3, 0.4) is 0 Å². The molecule has 0 fully saturated rings. The van der Waals surface area contributed by atoms with Crippen LogP contribution in [0.15, 0.2) is 15.0 Å². The Morgan fingerprint density at radius 2 is 1.83 bits per heavy atom. The van der Waals surface area contributed by atoms with Crippen LogP contribution in [-0.4, -0.2) is 6.29 Å². The molecule has 1 nitrogen and oxygen atoms in total. The molecule has 64 valence electrons.